The highest BCUT2D eigenvalue weighted by Crippen LogP contribution is 1.92. The summed E-state index contributed by atoms with van der Waals surface area (Å²) in [5.41, 5.74) is 2.46. The van der Waals surface area contributed by atoms with Gasteiger partial charge in [0.25, 0.3) is 5.91 Å². The van der Waals surface area contributed by atoms with Crippen molar-refractivity contribution in [1.29, 1.82) is 0 Å². The van der Waals surface area contributed by atoms with Crippen molar-refractivity contribution >= 4 is 5.91 Å². The van der Waals surface area contributed by atoms with Crippen LogP contribution in [0.25, 0.3) is 0 Å². The number of amides is 1. The Hall–Kier alpha value is -0.650. The fraction of sp³-hybridized carbons (Fsp3) is 0.900. The number of piperazine rings is 1. The van der Waals surface area contributed by atoms with Crippen LogP contribution in [0.2, 0.25) is 0 Å². The molecule has 1 heterocycles. The molecule has 88 valence electrons. The molecule has 0 aromatic rings. The summed E-state index contributed by atoms with van der Waals surface area (Å²) in [6, 6.07) is 0. The standard InChI is InChI=1S/C10H21N3O2/c1-9(2)8-15-12-10(14)7-13-5-3-11-4-6-13/h9,11H,3-8H2,1-2H3,(H,12,14). The summed E-state index contributed by atoms with van der Waals surface area (Å²) in [7, 11) is 0. The maximum atomic E-state index is 11.4. The smallest absolute Gasteiger partial charge is 0.257 e. The van der Waals surface area contributed by atoms with Crippen LogP contribution in [0.4, 0.5) is 0 Å². The summed E-state index contributed by atoms with van der Waals surface area (Å²) in [5.74, 6) is 0.377. The molecule has 2 N–H and O–H groups in total. The number of carbonyl (C=O) groups excluding carboxylic acids is 1. The second-order valence-electron chi connectivity index (χ2n) is 4.26. The molecule has 0 aliphatic carbocycles. The summed E-state index contributed by atoms with van der Waals surface area (Å²) in [5, 5.41) is 3.24. The lowest BCUT2D eigenvalue weighted by Crippen LogP contribution is -2.47. The van der Waals surface area contributed by atoms with Gasteiger partial charge in [-0.2, -0.15) is 0 Å². The maximum Gasteiger partial charge on any atom is 0.257 e. The van der Waals surface area contributed by atoms with E-state index in [4.69, 9.17) is 4.84 Å². The van der Waals surface area contributed by atoms with Gasteiger partial charge < -0.3 is 5.32 Å². The van der Waals surface area contributed by atoms with E-state index in [1.54, 1.807) is 0 Å². The van der Waals surface area contributed by atoms with Crippen LogP contribution in [0, 0.1) is 5.92 Å². The molecule has 5 heteroatoms. The minimum absolute atomic E-state index is 0.0578. The zero-order valence-electron chi connectivity index (χ0n) is 9.58. The van der Waals surface area contributed by atoms with Crippen LogP contribution < -0.4 is 10.8 Å². The Kier molecular flexibility index (Phi) is 5.60. The Morgan fingerprint density at radius 1 is 1.47 bits per heavy atom. The lowest BCUT2D eigenvalue weighted by molar-refractivity contribution is -0.135. The fourth-order valence-corrected chi connectivity index (χ4v) is 1.39. The minimum atomic E-state index is -0.0578. The van der Waals surface area contributed by atoms with Crippen LogP contribution in [-0.2, 0) is 9.63 Å². The molecule has 0 bridgehead atoms. The first-order chi connectivity index (χ1) is 7.18. The monoisotopic (exact) mass is 215 g/mol. The second-order valence-corrected chi connectivity index (χ2v) is 4.26. The third-order valence-electron chi connectivity index (χ3n) is 2.18. The van der Waals surface area contributed by atoms with E-state index >= 15 is 0 Å². The summed E-state index contributed by atoms with van der Waals surface area (Å²) in [6.45, 7) is 8.85. The fourth-order valence-electron chi connectivity index (χ4n) is 1.39. The van der Waals surface area contributed by atoms with Crippen molar-refractivity contribution in [2.45, 2.75) is 13.8 Å². The van der Waals surface area contributed by atoms with Crippen molar-refractivity contribution < 1.29 is 9.63 Å². The van der Waals surface area contributed by atoms with Gasteiger partial charge in [-0.1, -0.05) is 13.8 Å². The molecule has 5 nitrogen and oxygen atoms in total. The molecule has 1 aliphatic rings. The third-order valence-corrected chi connectivity index (χ3v) is 2.18. The lowest BCUT2D eigenvalue weighted by atomic mass is 10.2. The lowest BCUT2D eigenvalue weighted by Gasteiger charge is -2.26. The van der Waals surface area contributed by atoms with Crippen molar-refractivity contribution in [2.24, 2.45) is 5.92 Å². The van der Waals surface area contributed by atoms with Gasteiger partial charge >= 0.3 is 0 Å². The molecule has 0 spiro atoms. The number of rotatable bonds is 5. The van der Waals surface area contributed by atoms with Crippen molar-refractivity contribution in [1.82, 2.24) is 15.7 Å². The number of nitrogens with one attached hydrogen (secondary N) is 2. The summed E-state index contributed by atoms with van der Waals surface area (Å²) in [6.07, 6.45) is 0. The molecular formula is C10H21N3O2. The molecule has 1 amide bonds. The Morgan fingerprint density at radius 2 is 2.13 bits per heavy atom. The van der Waals surface area contributed by atoms with Crippen molar-refractivity contribution in [2.75, 3.05) is 39.3 Å². The topological polar surface area (TPSA) is 53.6 Å². The molecular weight excluding hydrogens is 194 g/mol. The largest absolute Gasteiger partial charge is 0.314 e. The molecule has 0 saturated carbocycles. The van der Waals surface area contributed by atoms with Crippen molar-refractivity contribution in [3.63, 3.8) is 0 Å². The number of hydroxylamine groups is 1. The average molecular weight is 215 g/mol. The first-order valence-corrected chi connectivity index (χ1v) is 5.52. The number of hydrogen-bond donors (Lipinski definition) is 2. The highest BCUT2D eigenvalue weighted by molar-refractivity contribution is 5.76. The van der Waals surface area contributed by atoms with Gasteiger partial charge in [-0.15, -0.1) is 0 Å². The zero-order valence-corrected chi connectivity index (χ0v) is 9.58. The van der Waals surface area contributed by atoms with Gasteiger partial charge in [0.1, 0.15) is 0 Å². The van der Waals surface area contributed by atoms with Gasteiger partial charge in [0.05, 0.1) is 13.2 Å². The molecule has 15 heavy (non-hydrogen) atoms. The third kappa shape index (κ3) is 5.71. The minimum Gasteiger partial charge on any atom is -0.314 e. The first-order valence-electron chi connectivity index (χ1n) is 5.52. The van der Waals surface area contributed by atoms with E-state index in [-0.39, 0.29) is 5.91 Å². The van der Waals surface area contributed by atoms with E-state index < -0.39 is 0 Å². The number of hydrogen-bond acceptors (Lipinski definition) is 4. The van der Waals surface area contributed by atoms with E-state index in [0.717, 1.165) is 26.2 Å². The molecule has 1 fully saturated rings. The zero-order chi connectivity index (χ0) is 11.1. The van der Waals surface area contributed by atoms with E-state index in [1.807, 2.05) is 13.8 Å². The van der Waals surface area contributed by atoms with E-state index in [9.17, 15) is 4.79 Å². The molecule has 0 unspecified atom stereocenters. The van der Waals surface area contributed by atoms with E-state index in [1.165, 1.54) is 0 Å². The highest BCUT2D eigenvalue weighted by atomic mass is 16.6. The molecule has 1 aliphatic heterocycles. The van der Waals surface area contributed by atoms with E-state index in [2.05, 4.69) is 15.7 Å². The summed E-state index contributed by atoms with van der Waals surface area (Å²) < 4.78 is 0. The summed E-state index contributed by atoms with van der Waals surface area (Å²) >= 11 is 0. The first kappa shape index (κ1) is 12.4. The van der Waals surface area contributed by atoms with Crippen LogP contribution in [0.1, 0.15) is 13.8 Å². The SMILES string of the molecule is CC(C)CONC(=O)CN1CCNCC1. The average Bonchev–Trinajstić information content (AvgIpc) is 2.18. The van der Waals surface area contributed by atoms with Crippen molar-refractivity contribution in [3.05, 3.63) is 0 Å². The van der Waals surface area contributed by atoms with Crippen LogP contribution >= 0.6 is 0 Å². The van der Waals surface area contributed by atoms with Gasteiger partial charge in [-0.3, -0.25) is 14.5 Å². The second kappa shape index (κ2) is 6.76. The van der Waals surface area contributed by atoms with Crippen LogP contribution in [-0.4, -0.2) is 50.1 Å². The predicted molar refractivity (Wildman–Crippen MR) is 58.2 cm³/mol. The predicted octanol–water partition coefficient (Wildman–Crippen LogP) is -0.405. The van der Waals surface area contributed by atoms with Crippen LogP contribution in [0.5, 0.6) is 0 Å². The molecule has 0 radical (unpaired) electrons. The Balaban J connectivity index is 2.06. The maximum absolute atomic E-state index is 11.4. The number of nitrogens with zero attached hydrogens (tertiary/aromatic N) is 1. The molecule has 1 saturated heterocycles. The van der Waals surface area contributed by atoms with Gasteiger partial charge in [0.2, 0.25) is 0 Å². The van der Waals surface area contributed by atoms with Crippen LogP contribution in [0.15, 0.2) is 0 Å². The molecule has 0 aromatic carbocycles. The van der Waals surface area contributed by atoms with E-state index in [0.29, 0.717) is 19.1 Å². The van der Waals surface area contributed by atoms with Crippen LogP contribution in [0.3, 0.4) is 0 Å². The molecule has 0 atom stereocenters. The van der Waals surface area contributed by atoms with Gasteiger partial charge in [0, 0.05) is 26.2 Å². The van der Waals surface area contributed by atoms with Gasteiger partial charge in [-0.05, 0) is 5.92 Å². The van der Waals surface area contributed by atoms with Crippen molar-refractivity contribution in [3.8, 4) is 0 Å². The normalized spacial score (nSPS) is 18.1. The highest BCUT2D eigenvalue weighted by Gasteiger charge is 2.13. The Labute approximate surface area is 91.1 Å². The number of carbonyl (C=O) groups is 1. The van der Waals surface area contributed by atoms with Gasteiger partial charge in [0.15, 0.2) is 0 Å². The summed E-state index contributed by atoms with van der Waals surface area (Å²) in [4.78, 5) is 18.6. The van der Waals surface area contributed by atoms with Gasteiger partial charge in [-0.25, -0.2) is 5.48 Å². The Morgan fingerprint density at radius 3 is 2.73 bits per heavy atom. The Bertz CT molecular complexity index is 191. The quantitative estimate of drug-likeness (QED) is 0.613. The molecule has 1 rings (SSSR count). The molecule has 0 aromatic heterocycles.